The minimum absolute atomic E-state index is 0.291. The summed E-state index contributed by atoms with van der Waals surface area (Å²) < 4.78 is 26.5. The maximum Gasteiger partial charge on any atom is 0.203 e. The second kappa shape index (κ2) is 5.88. The molecule has 1 heterocycles. The minimum Gasteiger partial charge on any atom is -0.352 e. The van der Waals surface area contributed by atoms with Crippen molar-refractivity contribution in [3.63, 3.8) is 0 Å². The fraction of sp³-hybridized carbons (Fsp3) is 0.188. The Kier molecular flexibility index (Phi) is 3.94. The Morgan fingerprint density at radius 2 is 1.95 bits per heavy atom. The average Bonchev–Trinajstić information content (AvgIpc) is 2.81. The van der Waals surface area contributed by atoms with Crippen LogP contribution in [0.25, 0.3) is 11.0 Å². The van der Waals surface area contributed by atoms with Crippen LogP contribution in [0.4, 0.5) is 10.3 Å². The van der Waals surface area contributed by atoms with Gasteiger partial charge in [-0.1, -0.05) is 12.1 Å². The molecule has 0 fully saturated rings. The van der Waals surface area contributed by atoms with Gasteiger partial charge in [0.2, 0.25) is 5.95 Å². The molecule has 0 saturated heterocycles. The maximum atomic E-state index is 13.2. The lowest BCUT2D eigenvalue weighted by Gasteiger charge is -2.07. The molecule has 0 saturated carbocycles. The first-order chi connectivity index (χ1) is 10.5. The fourth-order valence-electron chi connectivity index (χ4n) is 2.31. The molecule has 6 heteroatoms. The van der Waals surface area contributed by atoms with Gasteiger partial charge in [0.15, 0.2) is 0 Å². The lowest BCUT2D eigenvalue weighted by molar-refractivity contribution is 0.629. The van der Waals surface area contributed by atoms with E-state index in [1.54, 1.807) is 12.3 Å². The zero-order valence-electron chi connectivity index (χ0n) is 12.3. The topological polar surface area (TPSA) is 46.9 Å². The Labute approximate surface area is 130 Å². The average molecular weight is 317 g/mol. The van der Waals surface area contributed by atoms with Crippen molar-refractivity contribution in [1.29, 1.82) is 0 Å². The quantitative estimate of drug-likeness (QED) is 0.804. The molecule has 3 aromatic rings. The van der Waals surface area contributed by atoms with E-state index in [2.05, 4.69) is 10.3 Å². The summed E-state index contributed by atoms with van der Waals surface area (Å²) in [5.41, 5.74) is 2.56. The lowest BCUT2D eigenvalue weighted by atomic mass is 10.2. The van der Waals surface area contributed by atoms with E-state index in [0.29, 0.717) is 18.0 Å². The largest absolute Gasteiger partial charge is 0.352 e. The van der Waals surface area contributed by atoms with Crippen molar-refractivity contribution in [2.24, 2.45) is 7.05 Å². The molecule has 2 aromatic carbocycles. The van der Waals surface area contributed by atoms with Crippen molar-refractivity contribution in [3.05, 3.63) is 53.8 Å². The Morgan fingerprint density at radius 1 is 1.23 bits per heavy atom. The van der Waals surface area contributed by atoms with Crippen LogP contribution in [0.1, 0.15) is 5.56 Å². The summed E-state index contributed by atoms with van der Waals surface area (Å²) in [6.45, 7) is 0.594. The number of hydrogen-bond donors (Lipinski definition) is 1. The van der Waals surface area contributed by atoms with Gasteiger partial charge in [0, 0.05) is 41.6 Å². The molecular weight excluding hydrogens is 301 g/mol. The van der Waals surface area contributed by atoms with Crippen molar-refractivity contribution < 1.29 is 8.60 Å². The molecule has 0 aliphatic rings. The minimum atomic E-state index is -0.966. The number of halogens is 1. The van der Waals surface area contributed by atoms with Crippen LogP contribution < -0.4 is 5.32 Å². The number of nitrogens with one attached hydrogen (secondary N) is 1. The summed E-state index contributed by atoms with van der Waals surface area (Å²) >= 11 is 0. The first-order valence-electron chi connectivity index (χ1n) is 6.83. The van der Waals surface area contributed by atoms with Gasteiger partial charge in [-0.05, 0) is 29.8 Å². The van der Waals surface area contributed by atoms with Crippen LogP contribution in [0.3, 0.4) is 0 Å². The van der Waals surface area contributed by atoms with Crippen LogP contribution in [0, 0.1) is 5.82 Å². The number of rotatable bonds is 4. The highest BCUT2D eigenvalue weighted by Crippen LogP contribution is 2.19. The summed E-state index contributed by atoms with van der Waals surface area (Å²) in [6, 6.07) is 12.2. The molecule has 1 unspecified atom stereocenters. The number of benzene rings is 2. The highest BCUT2D eigenvalue weighted by molar-refractivity contribution is 7.84. The van der Waals surface area contributed by atoms with Gasteiger partial charge in [0.1, 0.15) is 5.82 Å². The highest BCUT2D eigenvalue weighted by Gasteiger charge is 2.08. The standard InChI is InChI=1S/C16H16FN3OS/c1-20-15-8-5-12(17)9-14(15)19-16(20)18-10-11-3-6-13(7-4-11)22(2)21/h3-9H,10H2,1-2H3,(H,18,19). The van der Waals surface area contributed by atoms with Crippen molar-refractivity contribution in [2.45, 2.75) is 11.4 Å². The highest BCUT2D eigenvalue weighted by atomic mass is 32.2. The van der Waals surface area contributed by atoms with Gasteiger partial charge in [-0.15, -0.1) is 0 Å². The predicted molar refractivity (Wildman–Crippen MR) is 86.8 cm³/mol. The first-order valence-corrected chi connectivity index (χ1v) is 8.38. The second-order valence-electron chi connectivity index (χ2n) is 5.08. The SMILES string of the molecule is Cn1c(NCc2ccc(S(C)=O)cc2)nc2cc(F)ccc21. The Balaban J connectivity index is 1.78. The fourth-order valence-corrected chi connectivity index (χ4v) is 2.83. The molecule has 1 atom stereocenters. The van der Waals surface area contributed by atoms with Crippen LogP contribution in [0.5, 0.6) is 0 Å². The van der Waals surface area contributed by atoms with E-state index in [0.717, 1.165) is 16.0 Å². The number of aryl methyl sites for hydroxylation is 1. The third kappa shape index (κ3) is 2.87. The molecule has 22 heavy (non-hydrogen) atoms. The lowest BCUT2D eigenvalue weighted by Crippen LogP contribution is -2.05. The number of hydrogen-bond acceptors (Lipinski definition) is 3. The Bertz CT molecular complexity index is 842. The van der Waals surface area contributed by atoms with Crippen molar-refractivity contribution in [1.82, 2.24) is 9.55 Å². The predicted octanol–water partition coefficient (Wildman–Crippen LogP) is 3.06. The number of nitrogens with zero attached hydrogens (tertiary/aromatic N) is 2. The van der Waals surface area contributed by atoms with Crippen LogP contribution >= 0.6 is 0 Å². The summed E-state index contributed by atoms with van der Waals surface area (Å²) in [7, 11) is 0.922. The van der Waals surface area contributed by atoms with Gasteiger partial charge in [-0.25, -0.2) is 9.37 Å². The summed E-state index contributed by atoms with van der Waals surface area (Å²) in [5.74, 6) is 0.393. The van der Waals surface area contributed by atoms with Gasteiger partial charge >= 0.3 is 0 Å². The van der Waals surface area contributed by atoms with Gasteiger partial charge in [0.25, 0.3) is 0 Å². The molecule has 114 valence electrons. The number of anilines is 1. The smallest absolute Gasteiger partial charge is 0.203 e. The second-order valence-corrected chi connectivity index (χ2v) is 6.46. The first kappa shape index (κ1) is 14.7. The molecule has 0 radical (unpaired) electrons. The van der Waals surface area contributed by atoms with Crippen molar-refractivity contribution >= 4 is 27.8 Å². The summed E-state index contributed by atoms with van der Waals surface area (Å²) in [4.78, 5) is 5.20. The van der Waals surface area contributed by atoms with E-state index in [9.17, 15) is 8.60 Å². The zero-order valence-corrected chi connectivity index (χ0v) is 13.2. The Morgan fingerprint density at radius 3 is 2.64 bits per heavy atom. The number of aromatic nitrogens is 2. The normalized spacial score (nSPS) is 12.5. The van der Waals surface area contributed by atoms with E-state index >= 15 is 0 Å². The molecule has 1 aromatic heterocycles. The van der Waals surface area contributed by atoms with Crippen molar-refractivity contribution in [2.75, 3.05) is 11.6 Å². The van der Waals surface area contributed by atoms with E-state index in [1.807, 2.05) is 35.9 Å². The Hall–Kier alpha value is -2.21. The van der Waals surface area contributed by atoms with Crippen molar-refractivity contribution in [3.8, 4) is 0 Å². The van der Waals surface area contributed by atoms with Crippen LogP contribution in [0.15, 0.2) is 47.4 Å². The molecular formula is C16H16FN3OS. The molecule has 3 rings (SSSR count). The summed E-state index contributed by atoms with van der Waals surface area (Å²) in [5, 5.41) is 3.24. The van der Waals surface area contributed by atoms with Crippen LogP contribution in [-0.4, -0.2) is 20.0 Å². The molecule has 0 bridgehead atoms. The van der Waals surface area contributed by atoms with Gasteiger partial charge in [-0.2, -0.15) is 0 Å². The molecule has 0 spiro atoms. The van der Waals surface area contributed by atoms with E-state index in [1.165, 1.54) is 12.1 Å². The van der Waals surface area contributed by atoms with Gasteiger partial charge < -0.3 is 9.88 Å². The van der Waals surface area contributed by atoms with Gasteiger partial charge in [0.05, 0.1) is 11.0 Å². The monoisotopic (exact) mass is 317 g/mol. The third-order valence-electron chi connectivity index (χ3n) is 3.55. The molecule has 1 N–H and O–H groups in total. The van der Waals surface area contributed by atoms with Gasteiger partial charge in [-0.3, -0.25) is 4.21 Å². The maximum absolute atomic E-state index is 13.2. The summed E-state index contributed by atoms with van der Waals surface area (Å²) in [6.07, 6.45) is 1.66. The number of fused-ring (bicyclic) bond motifs is 1. The third-order valence-corrected chi connectivity index (χ3v) is 4.48. The molecule has 0 aliphatic carbocycles. The molecule has 0 amide bonds. The van der Waals surface area contributed by atoms with E-state index in [4.69, 9.17) is 0 Å². The molecule has 0 aliphatic heterocycles. The van der Waals surface area contributed by atoms with E-state index < -0.39 is 10.8 Å². The van der Waals surface area contributed by atoms with Crippen LogP contribution in [0.2, 0.25) is 0 Å². The zero-order chi connectivity index (χ0) is 15.7. The van der Waals surface area contributed by atoms with E-state index in [-0.39, 0.29) is 5.82 Å². The molecule has 4 nitrogen and oxygen atoms in total. The van der Waals surface area contributed by atoms with Crippen LogP contribution in [-0.2, 0) is 24.4 Å². The number of imidazole rings is 1.